The molecule has 9 rings (SSSR count). The quantitative estimate of drug-likeness (QED) is 0.127. The van der Waals surface area contributed by atoms with Crippen molar-refractivity contribution in [3.8, 4) is 0 Å². The Bertz CT molecular complexity index is 2300. The van der Waals surface area contributed by atoms with Crippen LogP contribution in [0.1, 0.15) is 0 Å². The van der Waals surface area contributed by atoms with Gasteiger partial charge in [0.2, 0.25) is 6.04 Å². The van der Waals surface area contributed by atoms with Crippen LogP contribution in [0.4, 0.5) is 0 Å². The summed E-state index contributed by atoms with van der Waals surface area (Å²) >= 11 is 0. The zero-order chi connectivity index (χ0) is 32.1. The molecule has 2 aliphatic heterocycles. The van der Waals surface area contributed by atoms with E-state index in [0.717, 1.165) is 0 Å². The summed E-state index contributed by atoms with van der Waals surface area (Å²) in [4.78, 5) is 62.5. The van der Waals surface area contributed by atoms with Gasteiger partial charge in [0.1, 0.15) is 15.7 Å². The molecule has 4 aromatic rings. The summed E-state index contributed by atoms with van der Waals surface area (Å²) in [6, 6.07) is 14.0. The lowest BCUT2D eigenvalue weighted by Crippen LogP contribution is -2.49. The predicted molar refractivity (Wildman–Crippen MR) is 155 cm³/mol. The SMILES string of the molecule is O=C1C2C=CC3C(C4C(=O)N(OS(=O)(=O)c5cccc6cccnc56)C(=O)C24)C1C(OS(=O)(=O)c1cccc2cccnc12)[N+]3=O. The number of pyridine rings is 2. The van der Waals surface area contributed by atoms with E-state index < -0.39 is 79.7 Å². The van der Waals surface area contributed by atoms with Crippen molar-refractivity contribution in [3.05, 3.63) is 90.1 Å². The van der Waals surface area contributed by atoms with Gasteiger partial charge in [-0.05, 0) is 30.3 Å². The Morgan fingerprint density at radius 3 is 1.89 bits per heavy atom. The molecule has 16 heteroatoms. The van der Waals surface area contributed by atoms with Crippen molar-refractivity contribution in [2.45, 2.75) is 22.1 Å². The first-order chi connectivity index (χ1) is 22.0. The monoisotopic (exact) mass is 661 g/mol. The molecule has 7 unspecified atom stereocenters. The van der Waals surface area contributed by atoms with Crippen LogP contribution < -0.4 is 0 Å². The van der Waals surface area contributed by atoms with Crippen molar-refractivity contribution in [1.82, 2.24) is 15.0 Å². The summed E-state index contributed by atoms with van der Waals surface area (Å²) in [5.74, 6) is -9.44. The standard InChI is InChI=1S/C30H21N4O10S2/c35-27-17-11-12-18-22(24(27)30(33(18)38)43-45(39,40)19-9-1-5-15-7-3-13-31-25(15)19)23-21(17)28(36)34(29(23)37)44-46(41,42)20-10-2-6-16-8-4-14-32-26(16)20/h1-14,17-18,21-24,30H/q+1. The number of fused-ring (bicyclic) bond motifs is 2. The number of carbonyl (C=O) groups excluding carboxylic acids is 3. The number of nitrogens with zero attached hydrogens (tertiary/aromatic N) is 4. The Balaban J connectivity index is 1.14. The molecule has 7 atom stereocenters. The Morgan fingerprint density at radius 2 is 1.26 bits per heavy atom. The molecular formula is C30H21N4O10S2+. The fraction of sp³-hybridized carbons (Fsp3) is 0.233. The van der Waals surface area contributed by atoms with E-state index in [1.54, 1.807) is 36.4 Å². The number of nitroso groups, excluding NO2 is 1. The lowest BCUT2D eigenvalue weighted by Gasteiger charge is -2.33. The van der Waals surface area contributed by atoms with Crippen molar-refractivity contribution in [2.24, 2.45) is 29.6 Å². The number of ketones is 1. The Labute approximate surface area is 260 Å². The van der Waals surface area contributed by atoms with Gasteiger partial charge in [-0.3, -0.25) is 24.4 Å². The van der Waals surface area contributed by atoms with Crippen molar-refractivity contribution in [3.63, 3.8) is 0 Å². The zero-order valence-corrected chi connectivity index (χ0v) is 24.9. The van der Waals surface area contributed by atoms with E-state index in [2.05, 4.69) is 9.97 Å². The van der Waals surface area contributed by atoms with Gasteiger partial charge in [-0.1, -0.05) is 42.5 Å². The lowest BCUT2D eigenvalue weighted by atomic mass is 9.63. The normalized spacial score (nSPS) is 28.8. The highest BCUT2D eigenvalue weighted by molar-refractivity contribution is 7.87. The molecule has 0 N–H and O–H groups in total. The van der Waals surface area contributed by atoms with Crippen LogP contribution >= 0.6 is 0 Å². The van der Waals surface area contributed by atoms with Gasteiger partial charge >= 0.3 is 26.5 Å². The van der Waals surface area contributed by atoms with Gasteiger partial charge in [0, 0.05) is 38.8 Å². The molecule has 2 saturated heterocycles. The summed E-state index contributed by atoms with van der Waals surface area (Å²) in [6.07, 6.45) is 3.63. The van der Waals surface area contributed by atoms with Crippen LogP contribution in [-0.2, 0) is 43.1 Å². The zero-order valence-electron chi connectivity index (χ0n) is 23.3. The van der Waals surface area contributed by atoms with Crippen molar-refractivity contribution in [1.29, 1.82) is 0 Å². The number of hydroxylamine groups is 2. The second-order valence-electron chi connectivity index (χ2n) is 11.4. The summed E-state index contributed by atoms with van der Waals surface area (Å²) in [5.41, 5.74) is 0.152. The fourth-order valence-corrected chi connectivity index (χ4v) is 9.54. The Morgan fingerprint density at radius 1 is 0.696 bits per heavy atom. The third-order valence-electron chi connectivity index (χ3n) is 9.12. The highest BCUT2D eigenvalue weighted by Gasteiger charge is 2.75. The van der Waals surface area contributed by atoms with Crippen molar-refractivity contribution < 1.29 is 44.4 Å². The average Bonchev–Trinajstić information content (AvgIpc) is 3.28. The minimum absolute atomic E-state index is 0.0547. The Hall–Kier alpha value is -4.77. The first kappa shape index (κ1) is 28.7. The molecule has 0 spiro atoms. The van der Waals surface area contributed by atoms with Gasteiger partial charge in [-0.25, -0.2) is 0 Å². The first-order valence-corrected chi connectivity index (χ1v) is 16.9. The number of imide groups is 1. The highest BCUT2D eigenvalue weighted by atomic mass is 32.2. The maximum Gasteiger partial charge on any atom is 0.330 e. The van der Waals surface area contributed by atoms with Crippen LogP contribution in [0.2, 0.25) is 0 Å². The van der Waals surface area contributed by atoms with Crippen molar-refractivity contribution in [2.75, 3.05) is 0 Å². The van der Waals surface area contributed by atoms with Gasteiger partial charge in [-0.2, -0.15) is 21.0 Å². The third kappa shape index (κ3) is 3.97. The average molecular weight is 662 g/mol. The van der Waals surface area contributed by atoms with Crippen LogP contribution in [0.3, 0.4) is 0 Å². The van der Waals surface area contributed by atoms with Gasteiger partial charge in [0.25, 0.3) is 11.8 Å². The van der Waals surface area contributed by atoms with Crippen LogP contribution in [0.15, 0.2) is 95.0 Å². The van der Waals surface area contributed by atoms with Gasteiger partial charge in [0.15, 0.2) is 5.78 Å². The number of hydrogen-bond donors (Lipinski definition) is 0. The molecular weight excluding hydrogens is 640 g/mol. The lowest BCUT2D eigenvalue weighted by molar-refractivity contribution is -0.624. The maximum atomic E-state index is 13.9. The van der Waals surface area contributed by atoms with E-state index in [0.29, 0.717) is 15.5 Å². The van der Waals surface area contributed by atoms with Crippen LogP contribution in [0.5, 0.6) is 0 Å². The first-order valence-electron chi connectivity index (χ1n) is 14.1. The number of Topliss-reactive ketones (excluding diaryl/α,β-unsaturated/α-hetero) is 1. The number of rotatable bonds is 6. The molecule has 4 bridgehead atoms. The van der Waals surface area contributed by atoms with Crippen LogP contribution in [0.25, 0.3) is 21.8 Å². The van der Waals surface area contributed by atoms with E-state index in [1.165, 1.54) is 48.8 Å². The summed E-state index contributed by atoms with van der Waals surface area (Å²) in [7, 11) is -9.46. The number of carbonyl (C=O) groups is 3. The fourth-order valence-electron chi connectivity index (χ4n) is 7.25. The van der Waals surface area contributed by atoms with E-state index in [9.17, 15) is 36.1 Å². The summed E-state index contributed by atoms with van der Waals surface area (Å²) in [5, 5.41) is 1.10. The number of benzene rings is 2. The molecule has 3 fully saturated rings. The molecule has 1 saturated carbocycles. The van der Waals surface area contributed by atoms with Crippen LogP contribution in [-0.4, -0.2) is 66.5 Å². The molecule has 5 aliphatic rings. The predicted octanol–water partition coefficient (Wildman–Crippen LogP) is 1.90. The second-order valence-corrected chi connectivity index (χ2v) is 14.5. The smallest absolute Gasteiger partial charge is 0.298 e. The van der Waals surface area contributed by atoms with E-state index in [-0.39, 0.29) is 25.9 Å². The number of aromatic nitrogens is 2. The summed E-state index contributed by atoms with van der Waals surface area (Å²) in [6.45, 7) is 0. The molecule has 2 amide bonds. The number of allylic oxidation sites excluding steroid dienone is 1. The second kappa shape index (κ2) is 9.86. The van der Waals surface area contributed by atoms with Gasteiger partial charge < -0.3 is 0 Å². The maximum absolute atomic E-state index is 13.9. The molecule has 4 heterocycles. The van der Waals surface area contributed by atoms with Gasteiger partial charge in [-0.15, -0.1) is 9.35 Å². The van der Waals surface area contributed by atoms with E-state index in [1.807, 2.05) is 0 Å². The molecule has 2 aromatic heterocycles. The molecule has 3 aliphatic carbocycles. The Kier molecular flexibility index (Phi) is 6.15. The molecule has 46 heavy (non-hydrogen) atoms. The number of para-hydroxylation sites is 2. The molecule has 0 radical (unpaired) electrons. The van der Waals surface area contributed by atoms with Crippen LogP contribution in [0, 0.1) is 34.5 Å². The van der Waals surface area contributed by atoms with Gasteiger partial charge in [0.05, 0.1) is 28.8 Å². The molecule has 14 nitrogen and oxygen atoms in total. The topological polar surface area (TPSA) is 187 Å². The third-order valence-corrected chi connectivity index (χ3v) is 11.7. The van der Waals surface area contributed by atoms with Crippen molar-refractivity contribution >= 4 is 59.6 Å². The summed E-state index contributed by atoms with van der Waals surface area (Å²) < 4.78 is 64.8. The molecule has 232 valence electrons. The minimum atomic E-state index is -4.79. The van der Waals surface area contributed by atoms with E-state index in [4.69, 9.17) is 8.47 Å². The minimum Gasteiger partial charge on any atom is -0.298 e. The number of amides is 2. The number of hydrogen-bond acceptors (Lipinski definition) is 12. The molecule has 2 aromatic carbocycles. The van der Waals surface area contributed by atoms with E-state index >= 15 is 0 Å². The highest BCUT2D eigenvalue weighted by Crippen LogP contribution is 2.55. The largest absolute Gasteiger partial charge is 0.330 e.